The largest absolute Gasteiger partial charge is 0.488 e. The molecule has 65 heavy (non-hydrogen) atoms. The van der Waals surface area contributed by atoms with Crippen LogP contribution in [0.15, 0.2) is 84.0 Å². The van der Waals surface area contributed by atoms with E-state index in [1.807, 2.05) is 49.1 Å². The smallest absolute Gasteiger partial charge is 0.407 e. The standard InChI is InChI=1S/C50H55N7O8/c1-27(2)44(54-49(60)63-5)47(58)56-23-28(3)16-41(56)39-20-36-35-21-43-37(19-31(35)13-15-38(36)52-39)34-14-12-32(18-33(34)26-65-43)40-22-51-46(53-40)42-17-29(25-62-4)24-57(42)48(59)45(55-50(61)64-6)30-10-8-7-9-11-30/h7-15,18-19,21-22,27-29,41-42,44-45H,16-17,20,23-26H2,1-6H3,(H,51,53)(H,54,60)(H,55,61)/t28-,29-,41-,42-,44-,45+/m0/s1. The predicted molar refractivity (Wildman–Crippen MR) is 245 cm³/mol. The van der Waals surface area contributed by atoms with Gasteiger partial charge in [0.2, 0.25) is 5.91 Å². The van der Waals surface area contributed by atoms with E-state index in [4.69, 9.17) is 28.9 Å². The molecule has 2 fully saturated rings. The molecule has 0 aliphatic carbocycles. The Morgan fingerprint density at radius 3 is 2.38 bits per heavy atom. The average Bonchev–Trinajstić information content (AvgIpc) is 4.15. The van der Waals surface area contributed by atoms with Gasteiger partial charge in [-0.1, -0.05) is 69.3 Å². The second kappa shape index (κ2) is 18.0. The summed E-state index contributed by atoms with van der Waals surface area (Å²) in [6.45, 7) is 7.88. The van der Waals surface area contributed by atoms with Crippen LogP contribution in [0, 0.1) is 17.8 Å². The molecule has 4 aliphatic rings. The summed E-state index contributed by atoms with van der Waals surface area (Å²) in [7, 11) is 4.23. The quantitative estimate of drug-likeness (QED) is 0.120. The minimum Gasteiger partial charge on any atom is -0.488 e. The van der Waals surface area contributed by atoms with Crippen LogP contribution in [-0.4, -0.2) is 103 Å². The van der Waals surface area contributed by atoms with Crippen molar-refractivity contribution in [2.45, 2.75) is 70.8 Å². The summed E-state index contributed by atoms with van der Waals surface area (Å²) in [6.07, 6.45) is 2.54. The van der Waals surface area contributed by atoms with Crippen LogP contribution in [0.2, 0.25) is 0 Å². The predicted octanol–water partition coefficient (Wildman–Crippen LogP) is 7.67. The van der Waals surface area contributed by atoms with Gasteiger partial charge in [-0.2, -0.15) is 0 Å². The number of carbonyl (C=O) groups is 4. The molecule has 4 aliphatic heterocycles. The Kier molecular flexibility index (Phi) is 12.1. The molecule has 5 heterocycles. The third-order valence-corrected chi connectivity index (χ3v) is 13.3. The molecule has 0 saturated carbocycles. The number of imidazole rings is 1. The molecule has 338 valence electrons. The van der Waals surface area contributed by atoms with Crippen molar-refractivity contribution in [1.82, 2.24) is 30.4 Å². The molecule has 9 rings (SSSR count). The first-order valence-electron chi connectivity index (χ1n) is 22.3. The fourth-order valence-electron chi connectivity index (χ4n) is 10.1. The Morgan fingerprint density at radius 1 is 0.862 bits per heavy atom. The summed E-state index contributed by atoms with van der Waals surface area (Å²) in [4.78, 5) is 70.0. The zero-order valence-corrected chi connectivity index (χ0v) is 37.6. The van der Waals surface area contributed by atoms with Crippen molar-refractivity contribution >= 4 is 46.2 Å². The number of carbonyl (C=O) groups excluding carboxylic acids is 4. The van der Waals surface area contributed by atoms with Crippen LogP contribution in [0.4, 0.5) is 15.3 Å². The normalized spacial score (nSPS) is 20.6. The number of likely N-dealkylation sites (tertiary alicyclic amines) is 2. The van der Waals surface area contributed by atoms with Crippen molar-refractivity contribution in [2.24, 2.45) is 22.7 Å². The molecule has 3 N–H and O–H groups in total. The van der Waals surface area contributed by atoms with Gasteiger partial charge in [0.15, 0.2) is 0 Å². The van der Waals surface area contributed by atoms with Crippen LogP contribution in [-0.2, 0) is 36.8 Å². The SMILES string of the molecule is COC[C@H]1C[C@@H](c2ncc(-c3ccc4c(c3)COc3cc5c6c(ccc5cc3-4)N=C([C@@H]3C[C@H](C)CN3C(=O)[C@@H](NC(=O)OC)C(C)C)C6)[nH]2)N(C(=O)[C@H](NC(=O)OC)c2ccccc2)C1. The summed E-state index contributed by atoms with van der Waals surface area (Å²) >= 11 is 0. The molecule has 0 unspecified atom stereocenters. The van der Waals surface area contributed by atoms with Crippen LogP contribution in [0.25, 0.3) is 33.2 Å². The maximum absolute atomic E-state index is 14.3. The lowest BCUT2D eigenvalue weighted by Gasteiger charge is -2.31. The number of H-pyrrole nitrogens is 1. The van der Waals surface area contributed by atoms with Gasteiger partial charge in [0.05, 0.1) is 50.5 Å². The fraction of sp³-hybridized carbons (Fsp3) is 0.400. The Bertz CT molecular complexity index is 2680. The molecular formula is C50H55N7O8. The van der Waals surface area contributed by atoms with Crippen molar-refractivity contribution < 1.29 is 38.1 Å². The van der Waals surface area contributed by atoms with Gasteiger partial charge in [-0.25, -0.2) is 14.6 Å². The number of benzene rings is 4. The zero-order valence-electron chi connectivity index (χ0n) is 37.6. The minimum atomic E-state index is -0.944. The highest BCUT2D eigenvalue weighted by Gasteiger charge is 2.43. The minimum absolute atomic E-state index is 0.0720. The number of hydrogen-bond acceptors (Lipinski definition) is 10. The van der Waals surface area contributed by atoms with E-state index in [9.17, 15) is 19.2 Å². The lowest BCUT2D eigenvalue weighted by atomic mass is 9.90. The first-order chi connectivity index (χ1) is 31.4. The molecule has 6 atom stereocenters. The number of nitrogens with one attached hydrogen (secondary N) is 3. The number of ether oxygens (including phenoxy) is 4. The number of amides is 4. The van der Waals surface area contributed by atoms with Gasteiger partial charge in [-0.15, -0.1) is 0 Å². The van der Waals surface area contributed by atoms with Crippen LogP contribution >= 0.6 is 0 Å². The maximum Gasteiger partial charge on any atom is 0.407 e. The highest BCUT2D eigenvalue weighted by molar-refractivity contribution is 6.06. The average molecular weight is 882 g/mol. The van der Waals surface area contributed by atoms with Crippen LogP contribution < -0.4 is 15.4 Å². The molecule has 5 aromatic rings. The Labute approximate surface area is 377 Å². The number of aromatic amines is 1. The van der Waals surface area contributed by atoms with Crippen LogP contribution in [0.1, 0.15) is 68.2 Å². The van der Waals surface area contributed by atoms with E-state index in [0.29, 0.717) is 50.5 Å². The number of methoxy groups -OCH3 is 3. The summed E-state index contributed by atoms with van der Waals surface area (Å²) in [5.74, 6) is 1.32. The molecule has 4 amide bonds. The number of aromatic nitrogens is 2. The van der Waals surface area contributed by atoms with E-state index >= 15 is 0 Å². The van der Waals surface area contributed by atoms with E-state index in [2.05, 4.69) is 65.0 Å². The number of hydrogen-bond donors (Lipinski definition) is 3. The molecule has 0 radical (unpaired) electrons. The van der Waals surface area contributed by atoms with Crippen molar-refractivity contribution in [1.29, 1.82) is 0 Å². The zero-order chi connectivity index (χ0) is 45.5. The molecule has 0 bridgehead atoms. The Morgan fingerprint density at radius 2 is 1.63 bits per heavy atom. The van der Waals surface area contributed by atoms with Crippen molar-refractivity contribution in [2.75, 3.05) is 41.0 Å². The summed E-state index contributed by atoms with van der Waals surface area (Å²) in [6, 6.07) is 21.8. The topological polar surface area (TPSA) is 177 Å². The third-order valence-electron chi connectivity index (χ3n) is 13.3. The van der Waals surface area contributed by atoms with Gasteiger partial charge in [0, 0.05) is 43.8 Å². The highest BCUT2D eigenvalue weighted by atomic mass is 16.5. The van der Waals surface area contributed by atoms with Gasteiger partial charge in [-0.3, -0.25) is 14.6 Å². The van der Waals surface area contributed by atoms with Crippen LogP contribution in [0.3, 0.4) is 0 Å². The lowest BCUT2D eigenvalue weighted by Crippen LogP contribution is -2.53. The van der Waals surface area contributed by atoms with Crippen molar-refractivity contribution in [3.05, 3.63) is 102 Å². The molecule has 15 heteroatoms. The van der Waals surface area contributed by atoms with Crippen LogP contribution in [0.5, 0.6) is 5.75 Å². The van der Waals surface area contributed by atoms with E-state index in [-0.39, 0.29) is 41.7 Å². The molecule has 4 aromatic carbocycles. The van der Waals surface area contributed by atoms with Gasteiger partial charge in [0.1, 0.15) is 30.3 Å². The summed E-state index contributed by atoms with van der Waals surface area (Å²) in [5.41, 5.74) is 8.51. The Balaban J connectivity index is 0.947. The van der Waals surface area contributed by atoms with Gasteiger partial charge < -0.3 is 44.4 Å². The Hall–Kier alpha value is -6.74. The van der Waals surface area contributed by atoms with E-state index in [1.54, 1.807) is 18.2 Å². The molecule has 1 aromatic heterocycles. The number of alkyl carbamates (subject to hydrolysis) is 2. The molecule has 15 nitrogen and oxygen atoms in total. The molecule has 2 saturated heterocycles. The monoisotopic (exact) mass is 881 g/mol. The number of aliphatic imine (C=N–C) groups is 1. The molecule has 0 spiro atoms. The molecular weight excluding hydrogens is 827 g/mol. The highest BCUT2D eigenvalue weighted by Crippen LogP contribution is 2.45. The van der Waals surface area contributed by atoms with Gasteiger partial charge >= 0.3 is 12.2 Å². The number of nitrogens with zero attached hydrogens (tertiary/aromatic N) is 4. The number of rotatable bonds is 11. The fourth-order valence-corrected chi connectivity index (χ4v) is 10.1. The van der Waals surface area contributed by atoms with Crippen molar-refractivity contribution in [3.63, 3.8) is 0 Å². The van der Waals surface area contributed by atoms with Gasteiger partial charge in [-0.05, 0) is 87.5 Å². The van der Waals surface area contributed by atoms with Crippen molar-refractivity contribution in [3.8, 4) is 28.1 Å². The summed E-state index contributed by atoms with van der Waals surface area (Å²) in [5, 5.41) is 7.64. The first-order valence-corrected chi connectivity index (χ1v) is 22.3. The second-order valence-electron chi connectivity index (χ2n) is 18.0. The maximum atomic E-state index is 14.3. The summed E-state index contributed by atoms with van der Waals surface area (Å²) < 4.78 is 21.7. The second-order valence-corrected chi connectivity index (χ2v) is 18.0. The number of fused-ring (bicyclic) bond motifs is 6. The third kappa shape index (κ3) is 8.40. The lowest BCUT2D eigenvalue weighted by molar-refractivity contribution is -0.135. The van der Waals surface area contributed by atoms with Gasteiger partial charge in [0.25, 0.3) is 5.91 Å². The first kappa shape index (κ1) is 43.5. The van der Waals surface area contributed by atoms with E-state index in [0.717, 1.165) is 67.9 Å². The van der Waals surface area contributed by atoms with E-state index < -0.39 is 24.3 Å². The van der Waals surface area contributed by atoms with E-state index in [1.165, 1.54) is 14.2 Å².